The van der Waals surface area contributed by atoms with E-state index in [1.165, 1.54) is 0 Å². The zero-order valence-corrected chi connectivity index (χ0v) is 14.3. The molecule has 0 atom stereocenters. The van der Waals surface area contributed by atoms with Gasteiger partial charge in [0.2, 0.25) is 0 Å². The minimum Gasteiger partial charge on any atom is -0.496 e. The standard InChI is InChI=1S/C19H25N3O2/c1-20-19(22-15-16-9-6-7-12-18(16)23-2)21-13-8-14-24-17-10-4-3-5-11-17/h3-7,9-12H,8,13-15H2,1-2H3,(H2,20,21,22). The van der Waals surface area contributed by atoms with E-state index in [0.29, 0.717) is 13.2 Å². The molecule has 0 aliphatic heterocycles. The molecule has 2 N–H and O–H groups in total. The summed E-state index contributed by atoms with van der Waals surface area (Å²) in [7, 11) is 3.44. The van der Waals surface area contributed by atoms with Gasteiger partial charge in [-0.05, 0) is 24.6 Å². The summed E-state index contributed by atoms with van der Waals surface area (Å²) in [6.45, 7) is 2.11. The van der Waals surface area contributed by atoms with E-state index in [1.807, 2.05) is 54.6 Å². The van der Waals surface area contributed by atoms with Crippen LogP contribution in [0.2, 0.25) is 0 Å². The minimum atomic E-state index is 0.657. The molecule has 0 aliphatic carbocycles. The van der Waals surface area contributed by atoms with Crippen LogP contribution in [-0.4, -0.2) is 33.3 Å². The van der Waals surface area contributed by atoms with Crippen LogP contribution in [0.1, 0.15) is 12.0 Å². The van der Waals surface area contributed by atoms with Crippen LogP contribution in [-0.2, 0) is 6.54 Å². The molecule has 2 aromatic rings. The molecule has 5 heteroatoms. The number of hydrogen-bond donors (Lipinski definition) is 2. The quantitative estimate of drug-likeness (QED) is 0.445. The third-order valence-corrected chi connectivity index (χ3v) is 3.49. The number of hydrogen-bond acceptors (Lipinski definition) is 3. The lowest BCUT2D eigenvalue weighted by Gasteiger charge is -2.14. The van der Waals surface area contributed by atoms with E-state index in [1.54, 1.807) is 14.2 Å². The van der Waals surface area contributed by atoms with Crippen molar-refractivity contribution in [1.29, 1.82) is 0 Å². The molecule has 128 valence electrons. The Morgan fingerprint density at radius 1 is 1.00 bits per heavy atom. The van der Waals surface area contributed by atoms with Crippen LogP contribution in [0.3, 0.4) is 0 Å². The summed E-state index contributed by atoms with van der Waals surface area (Å²) in [4.78, 5) is 4.23. The molecule has 0 amide bonds. The van der Waals surface area contributed by atoms with Gasteiger partial charge in [0.1, 0.15) is 11.5 Å². The van der Waals surface area contributed by atoms with E-state index in [0.717, 1.165) is 36.0 Å². The van der Waals surface area contributed by atoms with Crippen LogP contribution in [0.25, 0.3) is 0 Å². The average Bonchev–Trinajstić information content (AvgIpc) is 2.65. The third-order valence-electron chi connectivity index (χ3n) is 3.49. The van der Waals surface area contributed by atoms with Crippen LogP contribution in [0, 0.1) is 0 Å². The topological polar surface area (TPSA) is 54.9 Å². The molecule has 0 saturated carbocycles. The fourth-order valence-electron chi connectivity index (χ4n) is 2.23. The Labute approximate surface area is 143 Å². The maximum atomic E-state index is 5.66. The van der Waals surface area contributed by atoms with Crippen LogP contribution < -0.4 is 20.1 Å². The summed E-state index contributed by atoms with van der Waals surface area (Å²) in [6.07, 6.45) is 0.893. The van der Waals surface area contributed by atoms with Gasteiger partial charge in [-0.15, -0.1) is 0 Å². The molecule has 0 heterocycles. The molecule has 0 saturated heterocycles. The SMILES string of the molecule is CN=C(NCCCOc1ccccc1)NCc1ccccc1OC. The average molecular weight is 327 g/mol. The van der Waals surface area contributed by atoms with E-state index in [9.17, 15) is 0 Å². The monoisotopic (exact) mass is 327 g/mol. The van der Waals surface area contributed by atoms with Crippen molar-refractivity contribution in [3.8, 4) is 11.5 Å². The van der Waals surface area contributed by atoms with Gasteiger partial charge in [0.15, 0.2) is 5.96 Å². The summed E-state index contributed by atoms with van der Waals surface area (Å²) in [6, 6.07) is 17.8. The predicted molar refractivity (Wildman–Crippen MR) is 97.7 cm³/mol. The first-order valence-electron chi connectivity index (χ1n) is 8.07. The number of ether oxygens (including phenoxy) is 2. The fraction of sp³-hybridized carbons (Fsp3) is 0.316. The Bertz CT molecular complexity index is 630. The van der Waals surface area contributed by atoms with Crippen molar-refractivity contribution in [2.24, 2.45) is 4.99 Å². The molecule has 2 rings (SSSR count). The Hall–Kier alpha value is -2.69. The Morgan fingerprint density at radius 2 is 1.75 bits per heavy atom. The van der Waals surface area contributed by atoms with Gasteiger partial charge < -0.3 is 20.1 Å². The second kappa shape index (κ2) is 10.2. The molecule has 0 spiro atoms. The van der Waals surface area contributed by atoms with Crippen molar-refractivity contribution in [2.45, 2.75) is 13.0 Å². The van der Waals surface area contributed by atoms with Crippen molar-refractivity contribution in [2.75, 3.05) is 27.3 Å². The van der Waals surface area contributed by atoms with Gasteiger partial charge in [-0.3, -0.25) is 4.99 Å². The van der Waals surface area contributed by atoms with E-state index >= 15 is 0 Å². The predicted octanol–water partition coefficient (Wildman–Crippen LogP) is 2.83. The number of methoxy groups -OCH3 is 1. The van der Waals surface area contributed by atoms with E-state index in [-0.39, 0.29) is 0 Å². The summed E-state index contributed by atoms with van der Waals surface area (Å²) in [5, 5.41) is 6.57. The Morgan fingerprint density at radius 3 is 2.50 bits per heavy atom. The third kappa shape index (κ3) is 5.83. The normalized spacial score (nSPS) is 11.0. The van der Waals surface area contributed by atoms with Gasteiger partial charge in [0, 0.05) is 25.7 Å². The number of guanidine groups is 1. The van der Waals surface area contributed by atoms with Crippen molar-refractivity contribution in [1.82, 2.24) is 10.6 Å². The van der Waals surface area contributed by atoms with Gasteiger partial charge in [0.25, 0.3) is 0 Å². The van der Waals surface area contributed by atoms with E-state index < -0.39 is 0 Å². The number of para-hydroxylation sites is 2. The fourth-order valence-corrected chi connectivity index (χ4v) is 2.23. The molecular formula is C19H25N3O2. The number of rotatable bonds is 8. The lowest BCUT2D eigenvalue weighted by molar-refractivity contribution is 0.311. The molecule has 0 bridgehead atoms. The Balaban J connectivity index is 1.67. The smallest absolute Gasteiger partial charge is 0.191 e. The molecule has 5 nitrogen and oxygen atoms in total. The molecule has 0 aliphatic rings. The van der Waals surface area contributed by atoms with Crippen LogP contribution in [0.4, 0.5) is 0 Å². The highest BCUT2D eigenvalue weighted by Crippen LogP contribution is 2.16. The van der Waals surface area contributed by atoms with Crippen LogP contribution in [0.5, 0.6) is 11.5 Å². The Kier molecular flexibility index (Phi) is 7.47. The molecule has 0 aromatic heterocycles. The highest BCUT2D eigenvalue weighted by atomic mass is 16.5. The molecule has 24 heavy (non-hydrogen) atoms. The maximum absolute atomic E-state index is 5.66. The second-order valence-electron chi connectivity index (χ2n) is 5.18. The van der Waals surface area contributed by atoms with E-state index in [2.05, 4.69) is 15.6 Å². The lowest BCUT2D eigenvalue weighted by atomic mass is 10.2. The van der Waals surface area contributed by atoms with Gasteiger partial charge >= 0.3 is 0 Å². The highest BCUT2D eigenvalue weighted by Gasteiger charge is 2.03. The molecular weight excluding hydrogens is 302 g/mol. The molecule has 2 aromatic carbocycles. The van der Waals surface area contributed by atoms with Crippen molar-refractivity contribution < 1.29 is 9.47 Å². The number of benzene rings is 2. The second-order valence-corrected chi connectivity index (χ2v) is 5.18. The zero-order valence-electron chi connectivity index (χ0n) is 14.3. The number of aliphatic imine (C=N–C) groups is 1. The first-order chi connectivity index (χ1) is 11.8. The van der Waals surface area contributed by atoms with Crippen molar-refractivity contribution in [3.05, 3.63) is 60.2 Å². The highest BCUT2D eigenvalue weighted by molar-refractivity contribution is 5.79. The summed E-state index contributed by atoms with van der Waals surface area (Å²) < 4.78 is 11.0. The molecule has 0 unspecified atom stereocenters. The van der Waals surface area contributed by atoms with Crippen LogP contribution >= 0.6 is 0 Å². The largest absolute Gasteiger partial charge is 0.496 e. The summed E-state index contributed by atoms with van der Waals surface area (Å²) in [5.74, 6) is 2.54. The van der Waals surface area contributed by atoms with Gasteiger partial charge in [-0.25, -0.2) is 0 Å². The minimum absolute atomic E-state index is 0.657. The molecule has 0 radical (unpaired) electrons. The van der Waals surface area contributed by atoms with Crippen molar-refractivity contribution in [3.63, 3.8) is 0 Å². The zero-order chi connectivity index (χ0) is 17.0. The molecule has 0 fully saturated rings. The maximum Gasteiger partial charge on any atom is 0.191 e. The number of nitrogens with zero attached hydrogens (tertiary/aromatic N) is 1. The van der Waals surface area contributed by atoms with Crippen LogP contribution in [0.15, 0.2) is 59.6 Å². The van der Waals surface area contributed by atoms with E-state index in [4.69, 9.17) is 9.47 Å². The van der Waals surface area contributed by atoms with Gasteiger partial charge in [0.05, 0.1) is 13.7 Å². The summed E-state index contributed by atoms with van der Waals surface area (Å²) >= 11 is 0. The summed E-state index contributed by atoms with van der Waals surface area (Å²) in [5.41, 5.74) is 1.09. The van der Waals surface area contributed by atoms with Gasteiger partial charge in [-0.1, -0.05) is 36.4 Å². The number of nitrogens with one attached hydrogen (secondary N) is 2. The lowest BCUT2D eigenvalue weighted by Crippen LogP contribution is -2.37. The first kappa shape index (κ1) is 17.7. The first-order valence-corrected chi connectivity index (χ1v) is 8.07. The van der Waals surface area contributed by atoms with Crippen molar-refractivity contribution >= 4 is 5.96 Å². The van der Waals surface area contributed by atoms with Gasteiger partial charge in [-0.2, -0.15) is 0 Å².